The molecule has 1 amide bonds. The molecule has 0 aliphatic carbocycles. The summed E-state index contributed by atoms with van der Waals surface area (Å²) in [4.78, 5) is 23.3. The summed E-state index contributed by atoms with van der Waals surface area (Å²) in [5.41, 5.74) is 0.208. The minimum Gasteiger partial charge on any atom is -0.356 e. The van der Waals surface area contributed by atoms with Crippen molar-refractivity contribution >= 4 is 23.3 Å². The first kappa shape index (κ1) is 17.5. The van der Waals surface area contributed by atoms with Crippen molar-refractivity contribution in [2.24, 2.45) is 5.41 Å². The standard InChI is InChI=1S/C18H27ClN4O/c1-21(2)10-11-23-14-18(8-6-17(23)24)7-3-9-22(13-18)16-5-4-15(19)12-20-16/h4-5,12H,3,6-11,13-14H2,1-2H3/t18-/m1/s1. The Hall–Kier alpha value is -1.33. The second-order valence-corrected chi connectivity index (χ2v) is 7.91. The van der Waals surface area contributed by atoms with Crippen molar-refractivity contribution in [1.29, 1.82) is 0 Å². The van der Waals surface area contributed by atoms with Gasteiger partial charge in [0, 0.05) is 50.8 Å². The molecule has 0 saturated carbocycles. The Morgan fingerprint density at radius 1 is 1.29 bits per heavy atom. The zero-order valence-corrected chi connectivity index (χ0v) is 15.4. The maximum Gasteiger partial charge on any atom is 0.222 e. The number of hydrogen-bond donors (Lipinski definition) is 0. The molecule has 2 aliphatic heterocycles. The minimum atomic E-state index is 0.208. The van der Waals surface area contributed by atoms with Crippen LogP contribution in [-0.2, 0) is 4.79 Å². The highest BCUT2D eigenvalue weighted by Crippen LogP contribution is 2.39. The molecule has 0 bridgehead atoms. The number of halogens is 1. The van der Waals surface area contributed by atoms with Crippen molar-refractivity contribution < 1.29 is 4.79 Å². The average Bonchev–Trinajstić information content (AvgIpc) is 2.57. The van der Waals surface area contributed by atoms with E-state index in [4.69, 9.17) is 11.6 Å². The van der Waals surface area contributed by atoms with Gasteiger partial charge in [-0.2, -0.15) is 0 Å². The van der Waals surface area contributed by atoms with Crippen LogP contribution in [0.4, 0.5) is 5.82 Å². The van der Waals surface area contributed by atoms with Crippen LogP contribution in [0.2, 0.25) is 5.02 Å². The first-order chi connectivity index (χ1) is 11.5. The van der Waals surface area contributed by atoms with Gasteiger partial charge in [-0.1, -0.05) is 11.6 Å². The fourth-order valence-corrected chi connectivity index (χ4v) is 4.03. The van der Waals surface area contributed by atoms with Gasteiger partial charge in [-0.15, -0.1) is 0 Å². The number of amides is 1. The van der Waals surface area contributed by atoms with Crippen LogP contribution in [0.5, 0.6) is 0 Å². The van der Waals surface area contributed by atoms with Crippen LogP contribution in [0, 0.1) is 5.41 Å². The van der Waals surface area contributed by atoms with E-state index < -0.39 is 0 Å². The van der Waals surface area contributed by atoms with Crippen LogP contribution in [0.1, 0.15) is 25.7 Å². The van der Waals surface area contributed by atoms with E-state index >= 15 is 0 Å². The smallest absolute Gasteiger partial charge is 0.222 e. The van der Waals surface area contributed by atoms with Crippen LogP contribution in [0.25, 0.3) is 0 Å². The highest BCUT2D eigenvalue weighted by molar-refractivity contribution is 6.30. The quantitative estimate of drug-likeness (QED) is 0.836. The lowest BCUT2D eigenvalue weighted by Gasteiger charge is -2.48. The molecule has 0 aromatic carbocycles. The molecule has 24 heavy (non-hydrogen) atoms. The molecule has 2 fully saturated rings. The summed E-state index contributed by atoms with van der Waals surface area (Å²) in [5, 5.41) is 0.670. The number of hydrogen-bond acceptors (Lipinski definition) is 4. The molecule has 1 atom stereocenters. The number of rotatable bonds is 4. The summed E-state index contributed by atoms with van der Waals surface area (Å²) in [5.74, 6) is 1.31. The summed E-state index contributed by atoms with van der Waals surface area (Å²) >= 11 is 5.96. The minimum absolute atomic E-state index is 0.208. The molecule has 132 valence electrons. The summed E-state index contributed by atoms with van der Waals surface area (Å²) in [6.07, 6.45) is 5.73. The summed E-state index contributed by atoms with van der Waals surface area (Å²) in [6.45, 7) is 4.64. The van der Waals surface area contributed by atoms with Crippen molar-refractivity contribution in [3.63, 3.8) is 0 Å². The first-order valence-electron chi connectivity index (χ1n) is 8.76. The van der Waals surface area contributed by atoms with Gasteiger partial charge in [0.1, 0.15) is 5.82 Å². The number of pyridine rings is 1. The molecule has 1 aromatic rings. The van der Waals surface area contributed by atoms with Crippen molar-refractivity contribution in [2.45, 2.75) is 25.7 Å². The molecular formula is C18H27ClN4O. The molecule has 6 heteroatoms. The highest BCUT2D eigenvalue weighted by Gasteiger charge is 2.41. The Bertz CT molecular complexity index is 577. The van der Waals surface area contributed by atoms with E-state index in [1.165, 1.54) is 6.42 Å². The topological polar surface area (TPSA) is 39.7 Å². The van der Waals surface area contributed by atoms with E-state index in [1.807, 2.05) is 12.1 Å². The fourth-order valence-electron chi connectivity index (χ4n) is 3.92. The van der Waals surface area contributed by atoms with Gasteiger partial charge < -0.3 is 14.7 Å². The predicted octanol–water partition coefficient (Wildman–Crippen LogP) is 2.51. The third-order valence-corrected chi connectivity index (χ3v) is 5.49. The summed E-state index contributed by atoms with van der Waals surface area (Å²) < 4.78 is 0. The Kier molecular flexibility index (Phi) is 5.30. The third-order valence-electron chi connectivity index (χ3n) is 5.26. The van der Waals surface area contributed by atoms with E-state index in [0.717, 1.165) is 51.4 Å². The average molecular weight is 351 g/mol. The molecule has 0 radical (unpaired) electrons. The number of piperidine rings is 2. The fraction of sp³-hybridized carbons (Fsp3) is 0.667. The Balaban J connectivity index is 1.69. The van der Waals surface area contributed by atoms with Gasteiger partial charge in [0.05, 0.1) is 5.02 Å². The summed E-state index contributed by atoms with van der Waals surface area (Å²) in [6, 6.07) is 3.90. The van der Waals surface area contributed by atoms with Crippen LogP contribution < -0.4 is 4.90 Å². The number of aromatic nitrogens is 1. The molecule has 3 rings (SSSR count). The van der Waals surface area contributed by atoms with E-state index in [1.54, 1.807) is 6.20 Å². The molecule has 0 N–H and O–H groups in total. The maximum absolute atomic E-state index is 12.3. The molecule has 1 spiro atoms. The second kappa shape index (κ2) is 7.28. The molecule has 2 aliphatic rings. The van der Waals surface area contributed by atoms with Gasteiger partial charge in [-0.05, 0) is 45.5 Å². The lowest BCUT2D eigenvalue weighted by molar-refractivity contribution is -0.138. The summed E-state index contributed by atoms with van der Waals surface area (Å²) in [7, 11) is 4.11. The van der Waals surface area contributed by atoms with Gasteiger partial charge >= 0.3 is 0 Å². The van der Waals surface area contributed by atoms with E-state index in [-0.39, 0.29) is 5.41 Å². The lowest BCUT2D eigenvalue weighted by atomic mass is 9.73. The number of nitrogens with zero attached hydrogens (tertiary/aromatic N) is 4. The number of carbonyl (C=O) groups excluding carboxylic acids is 1. The Labute approximate surface area is 149 Å². The maximum atomic E-state index is 12.3. The van der Waals surface area contributed by atoms with E-state index in [2.05, 4.69) is 33.8 Å². The van der Waals surface area contributed by atoms with Crippen molar-refractivity contribution in [1.82, 2.24) is 14.8 Å². The number of anilines is 1. The Morgan fingerprint density at radius 3 is 2.83 bits per heavy atom. The lowest BCUT2D eigenvalue weighted by Crippen LogP contribution is -2.55. The monoisotopic (exact) mass is 350 g/mol. The van der Waals surface area contributed by atoms with Gasteiger partial charge in [0.2, 0.25) is 5.91 Å². The second-order valence-electron chi connectivity index (χ2n) is 7.48. The van der Waals surface area contributed by atoms with Gasteiger partial charge in [-0.25, -0.2) is 4.98 Å². The van der Waals surface area contributed by atoms with Gasteiger partial charge in [0.25, 0.3) is 0 Å². The normalized spacial score (nSPS) is 24.9. The zero-order chi connectivity index (χ0) is 17.2. The van der Waals surface area contributed by atoms with Crippen LogP contribution in [0.15, 0.2) is 18.3 Å². The van der Waals surface area contributed by atoms with Crippen LogP contribution >= 0.6 is 11.6 Å². The molecule has 5 nitrogen and oxygen atoms in total. The van der Waals surface area contributed by atoms with Gasteiger partial charge in [-0.3, -0.25) is 4.79 Å². The highest BCUT2D eigenvalue weighted by atomic mass is 35.5. The molecular weight excluding hydrogens is 324 g/mol. The van der Waals surface area contributed by atoms with Crippen molar-refractivity contribution in [3.8, 4) is 0 Å². The first-order valence-corrected chi connectivity index (χ1v) is 9.14. The predicted molar refractivity (Wildman–Crippen MR) is 97.5 cm³/mol. The van der Waals surface area contributed by atoms with E-state index in [0.29, 0.717) is 17.4 Å². The molecule has 0 unspecified atom stereocenters. The number of likely N-dealkylation sites (N-methyl/N-ethyl adjacent to an activating group) is 1. The van der Waals surface area contributed by atoms with Crippen LogP contribution in [-0.4, -0.2) is 67.5 Å². The largest absolute Gasteiger partial charge is 0.356 e. The Morgan fingerprint density at radius 2 is 2.12 bits per heavy atom. The van der Waals surface area contributed by atoms with Gasteiger partial charge in [0.15, 0.2) is 0 Å². The van der Waals surface area contributed by atoms with Crippen molar-refractivity contribution in [2.75, 3.05) is 51.7 Å². The zero-order valence-electron chi connectivity index (χ0n) is 14.7. The van der Waals surface area contributed by atoms with E-state index in [9.17, 15) is 4.79 Å². The third kappa shape index (κ3) is 4.01. The number of carbonyl (C=O) groups is 1. The van der Waals surface area contributed by atoms with Crippen LogP contribution in [0.3, 0.4) is 0 Å². The van der Waals surface area contributed by atoms with Crippen molar-refractivity contribution in [3.05, 3.63) is 23.4 Å². The molecule has 1 aromatic heterocycles. The number of likely N-dealkylation sites (tertiary alicyclic amines) is 1. The molecule has 3 heterocycles. The SMILES string of the molecule is CN(C)CCN1C[C@]2(CCCN(c3ccc(Cl)cn3)C2)CCC1=O. The molecule has 2 saturated heterocycles.